The second-order valence-corrected chi connectivity index (χ2v) is 5.32. The van der Waals surface area contributed by atoms with Gasteiger partial charge in [-0.2, -0.15) is 0 Å². The number of aliphatic hydroxyl groups excluding tert-OH is 1. The van der Waals surface area contributed by atoms with Gasteiger partial charge < -0.3 is 10.8 Å². The normalized spacial score (nSPS) is 22.3. The zero-order chi connectivity index (χ0) is 12.0. The Morgan fingerprint density at radius 3 is 2.38 bits per heavy atom. The van der Waals surface area contributed by atoms with Crippen molar-refractivity contribution < 1.29 is 5.11 Å². The Bertz CT molecular complexity index is 190. The first-order valence-electron chi connectivity index (χ1n) is 6.74. The molecule has 0 amide bonds. The molecule has 0 aromatic heterocycles. The first-order valence-corrected chi connectivity index (χ1v) is 6.74. The fourth-order valence-electron chi connectivity index (χ4n) is 2.95. The molecule has 3 nitrogen and oxygen atoms in total. The quantitative estimate of drug-likeness (QED) is 0.726. The van der Waals surface area contributed by atoms with Crippen LogP contribution >= 0.6 is 0 Å². The minimum Gasteiger partial charge on any atom is -0.396 e. The van der Waals surface area contributed by atoms with E-state index in [1.54, 1.807) is 0 Å². The van der Waals surface area contributed by atoms with E-state index >= 15 is 0 Å². The molecular weight excluding hydrogens is 200 g/mol. The summed E-state index contributed by atoms with van der Waals surface area (Å²) in [6.45, 7) is 7.37. The van der Waals surface area contributed by atoms with Crippen LogP contribution in [0, 0.1) is 5.92 Å². The lowest BCUT2D eigenvalue weighted by Crippen LogP contribution is -2.56. The number of rotatable bonds is 6. The average Bonchev–Trinajstić information content (AvgIpc) is 2.36. The largest absolute Gasteiger partial charge is 0.396 e. The van der Waals surface area contributed by atoms with Crippen molar-refractivity contribution in [3.63, 3.8) is 0 Å². The van der Waals surface area contributed by atoms with Crippen LogP contribution in [0.2, 0.25) is 0 Å². The summed E-state index contributed by atoms with van der Waals surface area (Å²) < 4.78 is 0. The Hall–Kier alpha value is -0.120. The van der Waals surface area contributed by atoms with E-state index in [1.807, 2.05) is 0 Å². The van der Waals surface area contributed by atoms with Gasteiger partial charge in [0.05, 0.1) is 0 Å². The number of nitrogens with two attached hydrogens (primary N) is 1. The Morgan fingerprint density at radius 2 is 1.94 bits per heavy atom. The van der Waals surface area contributed by atoms with Gasteiger partial charge in [0.15, 0.2) is 0 Å². The molecule has 0 saturated heterocycles. The van der Waals surface area contributed by atoms with Crippen LogP contribution in [0.1, 0.15) is 46.0 Å². The number of hydrogen-bond acceptors (Lipinski definition) is 3. The van der Waals surface area contributed by atoms with Crippen molar-refractivity contribution in [2.45, 2.75) is 51.5 Å². The number of aliphatic hydroxyl groups is 1. The summed E-state index contributed by atoms with van der Waals surface area (Å²) in [5.41, 5.74) is 6.25. The fraction of sp³-hybridized carbons (Fsp3) is 1.00. The standard InChI is InChI=1S/C13H28N2O/c1-3-15(9-12(2)10-16)13(11-14)7-5-4-6-8-13/h12,16H,3-11,14H2,1-2H3. The molecule has 0 aliphatic heterocycles. The van der Waals surface area contributed by atoms with Crippen molar-refractivity contribution in [1.82, 2.24) is 4.90 Å². The van der Waals surface area contributed by atoms with Gasteiger partial charge in [-0.1, -0.05) is 33.1 Å². The molecule has 1 atom stereocenters. The fourth-order valence-corrected chi connectivity index (χ4v) is 2.95. The third-order valence-corrected chi connectivity index (χ3v) is 4.06. The highest BCUT2D eigenvalue weighted by Crippen LogP contribution is 2.33. The summed E-state index contributed by atoms with van der Waals surface area (Å²) in [6.07, 6.45) is 6.43. The maximum absolute atomic E-state index is 9.18. The Balaban J connectivity index is 2.65. The monoisotopic (exact) mass is 228 g/mol. The summed E-state index contributed by atoms with van der Waals surface area (Å²) in [5.74, 6) is 0.352. The summed E-state index contributed by atoms with van der Waals surface area (Å²) in [6, 6.07) is 0. The van der Waals surface area contributed by atoms with Crippen LogP contribution in [-0.4, -0.2) is 41.8 Å². The molecule has 0 heterocycles. The van der Waals surface area contributed by atoms with Gasteiger partial charge in [0.1, 0.15) is 0 Å². The average molecular weight is 228 g/mol. The van der Waals surface area contributed by atoms with Crippen LogP contribution in [0.15, 0.2) is 0 Å². The van der Waals surface area contributed by atoms with E-state index in [-0.39, 0.29) is 12.1 Å². The predicted molar refractivity (Wildman–Crippen MR) is 68.4 cm³/mol. The maximum Gasteiger partial charge on any atom is 0.0468 e. The van der Waals surface area contributed by atoms with E-state index in [4.69, 9.17) is 5.73 Å². The molecule has 0 spiro atoms. The summed E-state index contributed by atoms with van der Waals surface area (Å²) in [4.78, 5) is 2.51. The molecule has 1 unspecified atom stereocenters. The highest BCUT2D eigenvalue weighted by Gasteiger charge is 2.36. The summed E-state index contributed by atoms with van der Waals surface area (Å²) in [5, 5.41) is 9.18. The van der Waals surface area contributed by atoms with Crippen molar-refractivity contribution in [1.29, 1.82) is 0 Å². The van der Waals surface area contributed by atoms with E-state index in [0.29, 0.717) is 5.92 Å². The third-order valence-electron chi connectivity index (χ3n) is 4.06. The molecule has 96 valence electrons. The Kier molecular flexibility index (Phi) is 5.73. The van der Waals surface area contributed by atoms with Crippen molar-refractivity contribution in [2.75, 3.05) is 26.2 Å². The molecule has 16 heavy (non-hydrogen) atoms. The third kappa shape index (κ3) is 3.19. The van der Waals surface area contributed by atoms with Gasteiger partial charge in [-0.3, -0.25) is 4.90 Å². The molecule has 0 aromatic carbocycles. The van der Waals surface area contributed by atoms with Crippen LogP contribution in [-0.2, 0) is 0 Å². The molecule has 0 bridgehead atoms. The van der Waals surface area contributed by atoms with Gasteiger partial charge in [-0.05, 0) is 25.3 Å². The smallest absolute Gasteiger partial charge is 0.0468 e. The molecule has 1 rings (SSSR count). The topological polar surface area (TPSA) is 49.5 Å². The van der Waals surface area contributed by atoms with Gasteiger partial charge in [-0.15, -0.1) is 0 Å². The van der Waals surface area contributed by atoms with E-state index in [9.17, 15) is 5.11 Å². The van der Waals surface area contributed by atoms with E-state index in [0.717, 1.165) is 19.6 Å². The van der Waals surface area contributed by atoms with Crippen LogP contribution < -0.4 is 5.73 Å². The van der Waals surface area contributed by atoms with Crippen molar-refractivity contribution in [3.8, 4) is 0 Å². The highest BCUT2D eigenvalue weighted by atomic mass is 16.3. The number of likely N-dealkylation sites (N-methyl/N-ethyl adjacent to an activating group) is 1. The summed E-state index contributed by atoms with van der Waals surface area (Å²) >= 11 is 0. The van der Waals surface area contributed by atoms with Gasteiger partial charge in [0.2, 0.25) is 0 Å². The van der Waals surface area contributed by atoms with Crippen molar-refractivity contribution >= 4 is 0 Å². The first kappa shape index (κ1) is 13.9. The zero-order valence-electron chi connectivity index (χ0n) is 10.9. The number of nitrogens with zero attached hydrogens (tertiary/aromatic N) is 1. The Labute approximate surface area is 100 Å². The van der Waals surface area contributed by atoms with Crippen molar-refractivity contribution in [3.05, 3.63) is 0 Å². The second kappa shape index (κ2) is 6.58. The molecular formula is C13H28N2O. The lowest BCUT2D eigenvalue weighted by molar-refractivity contribution is 0.0404. The maximum atomic E-state index is 9.18. The van der Waals surface area contributed by atoms with E-state index in [2.05, 4.69) is 18.7 Å². The second-order valence-electron chi connectivity index (χ2n) is 5.32. The molecule has 0 radical (unpaired) electrons. The predicted octanol–water partition coefficient (Wildman–Crippen LogP) is 1.60. The highest BCUT2D eigenvalue weighted by molar-refractivity contribution is 4.94. The molecule has 3 N–H and O–H groups in total. The van der Waals surface area contributed by atoms with Gasteiger partial charge >= 0.3 is 0 Å². The lowest BCUT2D eigenvalue weighted by atomic mass is 9.80. The first-order chi connectivity index (χ1) is 7.68. The molecule has 1 aliphatic carbocycles. The van der Waals surface area contributed by atoms with Crippen molar-refractivity contribution in [2.24, 2.45) is 11.7 Å². The van der Waals surface area contributed by atoms with Gasteiger partial charge in [0, 0.05) is 25.2 Å². The Morgan fingerprint density at radius 1 is 1.31 bits per heavy atom. The van der Waals surface area contributed by atoms with Gasteiger partial charge in [-0.25, -0.2) is 0 Å². The molecule has 1 aliphatic rings. The molecule has 3 heteroatoms. The van der Waals surface area contributed by atoms with Crippen LogP contribution in [0.4, 0.5) is 0 Å². The van der Waals surface area contributed by atoms with E-state index in [1.165, 1.54) is 32.1 Å². The molecule has 1 saturated carbocycles. The minimum absolute atomic E-state index is 0.219. The number of hydrogen-bond donors (Lipinski definition) is 2. The summed E-state index contributed by atoms with van der Waals surface area (Å²) in [7, 11) is 0. The van der Waals surface area contributed by atoms with E-state index < -0.39 is 0 Å². The zero-order valence-corrected chi connectivity index (χ0v) is 10.9. The molecule has 1 fully saturated rings. The lowest BCUT2D eigenvalue weighted by Gasteiger charge is -2.46. The van der Waals surface area contributed by atoms with Gasteiger partial charge in [0.25, 0.3) is 0 Å². The minimum atomic E-state index is 0.219. The van der Waals surface area contributed by atoms with Crippen LogP contribution in [0.3, 0.4) is 0 Å². The van der Waals surface area contributed by atoms with Crippen LogP contribution in [0.5, 0.6) is 0 Å². The SMILES string of the molecule is CCN(CC(C)CO)C1(CN)CCCCC1. The molecule has 0 aromatic rings. The van der Waals surface area contributed by atoms with Crippen LogP contribution in [0.25, 0.3) is 0 Å².